The first kappa shape index (κ1) is 14.8. The van der Waals surface area contributed by atoms with E-state index in [0.29, 0.717) is 29.1 Å². The number of hydrogen-bond donors (Lipinski definition) is 1. The van der Waals surface area contributed by atoms with Crippen LogP contribution in [-0.4, -0.2) is 11.1 Å². The van der Waals surface area contributed by atoms with Gasteiger partial charge in [0.1, 0.15) is 0 Å². The molecule has 122 valence electrons. The van der Waals surface area contributed by atoms with Crippen molar-refractivity contribution in [2.75, 3.05) is 0 Å². The molecule has 0 aromatic heterocycles. The lowest BCUT2D eigenvalue weighted by atomic mass is 9.43. The molecular weight excluding hydrogens is 272 g/mol. The van der Waals surface area contributed by atoms with Gasteiger partial charge >= 0.3 is 5.97 Å². The predicted molar refractivity (Wildman–Crippen MR) is 87.4 cm³/mol. The molecule has 2 heteroatoms. The van der Waals surface area contributed by atoms with E-state index in [4.69, 9.17) is 0 Å². The molecule has 4 aliphatic rings. The Morgan fingerprint density at radius 3 is 2.86 bits per heavy atom. The number of carbonyl (C=O) groups is 1. The summed E-state index contributed by atoms with van der Waals surface area (Å²) in [6.45, 7) is 6.91. The van der Waals surface area contributed by atoms with E-state index in [-0.39, 0.29) is 0 Å². The normalized spacial score (nSPS) is 50.3. The third kappa shape index (κ3) is 1.95. The van der Waals surface area contributed by atoms with Crippen molar-refractivity contribution in [3.63, 3.8) is 0 Å². The minimum absolute atomic E-state index is 0.395. The SMILES string of the molecule is C=C1C[C@@]23CC[C@@H]4[C@@H](CC(=O)O)CCC[C@@]4(C)[C@@H]2CC[C@@H]1C3. The fourth-order valence-corrected chi connectivity index (χ4v) is 7.52. The Bertz CT molecular complexity index is 510. The average Bonchev–Trinajstić information content (AvgIpc) is 2.67. The Hall–Kier alpha value is -0.790. The van der Waals surface area contributed by atoms with E-state index in [2.05, 4.69) is 13.5 Å². The quantitative estimate of drug-likeness (QED) is 0.726. The number of carboxylic acid groups (broad SMARTS) is 1. The first-order chi connectivity index (χ1) is 10.4. The number of carboxylic acids is 1. The topological polar surface area (TPSA) is 37.3 Å². The van der Waals surface area contributed by atoms with Gasteiger partial charge in [0.05, 0.1) is 0 Å². The highest BCUT2D eigenvalue weighted by Gasteiger charge is 2.61. The van der Waals surface area contributed by atoms with Crippen molar-refractivity contribution in [1.29, 1.82) is 0 Å². The zero-order valence-electron chi connectivity index (χ0n) is 13.9. The Kier molecular flexibility index (Phi) is 3.26. The summed E-state index contributed by atoms with van der Waals surface area (Å²) in [4.78, 5) is 11.3. The largest absolute Gasteiger partial charge is 0.481 e. The van der Waals surface area contributed by atoms with Crippen LogP contribution in [0.1, 0.15) is 71.1 Å². The van der Waals surface area contributed by atoms with E-state index in [0.717, 1.165) is 18.3 Å². The lowest BCUT2D eigenvalue weighted by molar-refractivity contribution is -0.146. The van der Waals surface area contributed by atoms with E-state index < -0.39 is 5.97 Å². The van der Waals surface area contributed by atoms with Crippen molar-refractivity contribution in [3.8, 4) is 0 Å². The molecular formula is C20H30O2. The second kappa shape index (κ2) is 4.85. The third-order valence-electron chi connectivity index (χ3n) is 8.24. The van der Waals surface area contributed by atoms with Crippen LogP contribution in [0.2, 0.25) is 0 Å². The van der Waals surface area contributed by atoms with Crippen LogP contribution in [0.5, 0.6) is 0 Å². The van der Waals surface area contributed by atoms with Crippen molar-refractivity contribution in [3.05, 3.63) is 12.2 Å². The summed E-state index contributed by atoms with van der Waals surface area (Å²) < 4.78 is 0. The molecule has 4 rings (SSSR count). The second-order valence-electron chi connectivity index (χ2n) is 9.13. The third-order valence-corrected chi connectivity index (χ3v) is 8.24. The molecule has 0 aromatic rings. The maximum atomic E-state index is 11.3. The molecule has 0 aromatic carbocycles. The Balaban J connectivity index is 1.65. The Labute approximate surface area is 134 Å². The number of hydrogen-bond acceptors (Lipinski definition) is 1. The van der Waals surface area contributed by atoms with Crippen molar-refractivity contribution >= 4 is 5.97 Å². The zero-order chi connectivity index (χ0) is 15.5. The summed E-state index contributed by atoms with van der Waals surface area (Å²) >= 11 is 0. The van der Waals surface area contributed by atoms with Crippen LogP contribution in [0.4, 0.5) is 0 Å². The van der Waals surface area contributed by atoms with Crippen LogP contribution in [-0.2, 0) is 4.79 Å². The van der Waals surface area contributed by atoms with Gasteiger partial charge in [-0.3, -0.25) is 4.79 Å². The summed E-state index contributed by atoms with van der Waals surface area (Å²) in [5, 5.41) is 9.30. The van der Waals surface area contributed by atoms with E-state index in [1.165, 1.54) is 56.9 Å². The standard InChI is InChI=1S/C20H30O2/c1-13-11-20-9-7-16-14(10-18(21)22)4-3-8-19(16,2)17(20)6-5-15(13)12-20/h14-17H,1,3-12H2,2H3,(H,21,22)/t14-,15-,16-,17+,19-,20-/m1/s1. The van der Waals surface area contributed by atoms with Gasteiger partial charge in [0.2, 0.25) is 0 Å². The van der Waals surface area contributed by atoms with Gasteiger partial charge in [-0.25, -0.2) is 0 Å². The maximum Gasteiger partial charge on any atom is 0.303 e. The summed E-state index contributed by atoms with van der Waals surface area (Å²) in [6.07, 6.45) is 12.1. The highest BCUT2D eigenvalue weighted by atomic mass is 16.4. The van der Waals surface area contributed by atoms with Crippen molar-refractivity contribution in [2.24, 2.45) is 34.5 Å². The lowest BCUT2D eigenvalue weighted by Crippen LogP contribution is -2.53. The summed E-state index contributed by atoms with van der Waals surface area (Å²) in [7, 11) is 0. The number of fused-ring (bicyclic) bond motifs is 3. The highest BCUT2D eigenvalue weighted by molar-refractivity contribution is 5.67. The second-order valence-corrected chi connectivity index (χ2v) is 9.13. The van der Waals surface area contributed by atoms with Crippen molar-refractivity contribution in [2.45, 2.75) is 71.1 Å². The molecule has 0 saturated heterocycles. The average molecular weight is 302 g/mol. The molecule has 0 amide bonds. The summed E-state index contributed by atoms with van der Waals surface area (Å²) in [6, 6.07) is 0. The van der Waals surface area contributed by atoms with Crippen LogP contribution in [0.3, 0.4) is 0 Å². The van der Waals surface area contributed by atoms with Crippen molar-refractivity contribution < 1.29 is 9.90 Å². The Morgan fingerprint density at radius 1 is 1.27 bits per heavy atom. The van der Waals surface area contributed by atoms with Crippen LogP contribution in [0.25, 0.3) is 0 Å². The molecule has 0 aliphatic heterocycles. The molecule has 1 N–H and O–H groups in total. The molecule has 4 fully saturated rings. The Morgan fingerprint density at radius 2 is 2.09 bits per heavy atom. The van der Waals surface area contributed by atoms with Gasteiger partial charge in [0.25, 0.3) is 0 Å². The minimum atomic E-state index is -0.590. The number of aliphatic carboxylic acids is 1. The predicted octanol–water partition coefficient (Wildman–Crippen LogP) is 5.04. The van der Waals surface area contributed by atoms with Gasteiger partial charge < -0.3 is 5.11 Å². The molecule has 2 nitrogen and oxygen atoms in total. The monoisotopic (exact) mass is 302 g/mol. The molecule has 0 radical (unpaired) electrons. The molecule has 4 aliphatic carbocycles. The molecule has 6 atom stereocenters. The van der Waals surface area contributed by atoms with Crippen LogP contribution in [0.15, 0.2) is 12.2 Å². The lowest BCUT2D eigenvalue weighted by Gasteiger charge is -2.61. The van der Waals surface area contributed by atoms with E-state index in [1.807, 2.05) is 0 Å². The number of allylic oxidation sites excluding steroid dienone is 1. The molecule has 2 bridgehead atoms. The molecule has 0 unspecified atom stereocenters. The first-order valence-corrected chi connectivity index (χ1v) is 9.34. The highest BCUT2D eigenvalue weighted by Crippen LogP contribution is 2.70. The van der Waals surface area contributed by atoms with E-state index >= 15 is 0 Å². The van der Waals surface area contributed by atoms with Gasteiger partial charge in [-0.15, -0.1) is 0 Å². The van der Waals surface area contributed by atoms with Gasteiger partial charge in [0, 0.05) is 6.42 Å². The van der Waals surface area contributed by atoms with Crippen molar-refractivity contribution in [1.82, 2.24) is 0 Å². The van der Waals surface area contributed by atoms with Crippen LogP contribution in [0, 0.1) is 34.5 Å². The maximum absolute atomic E-state index is 11.3. The zero-order valence-corrected chi connectivity index (χ0v) is 13.9. The van der Waals surface area contributed by atoms with Crippen LogP contribution >= 0.6 is 0 Å². The van der Waals surface area contributed by atoms with E-state index in [1.54, 1.807) is 0 Å². The smallest absolute Gasteiger partial charge is 0.303 e. The number of rotatable bonds is 2. The van der Waals surface area contributed by atoms with Gasteiger partial charge in [-0.2, -0.15) is 0 Å². The summed E-state index contributed by atoms with van der Waals surface area (Å²) in [5.41, 5.74) is 2.46. The molecule has 1 spiro atoms. The van der Waals surface area contributed by atoms with Gasteiger partial charge in [0.15, 0.2) is 0 Å². The molecule has 0 heterocycles. The van der Waals surface area contributed by atoms with Gasteiger partial charge in [-0.05, 0) is 85.9 Å². The fraction of sp³-hybridized carbons (Fsp3) is 0.850. The fourth-order valence-electron chi connectivity index (χ4n) is 7.52. The first-order valence-electron chi connectivity index (χ1n) is 9.34. The van der Waals surface area contributed by atoms with Crippen LogP contribution < -0.4 is 0 Å². The molecule has 22 heavy (non-hydrogen) atoms. The summed E-state index contributed by atoms with van der Waals surface area (Å²) in [5.74, 6) is 2.11. The van der Waals surface area contributed by atoms with Gasteiger partial charge in [-0.1, -0.05) is 25.5 Å². The molecule has 4 saturated carbocycles. The van der Waals surface area contributed by atoms with E-state index in [9.17, 15) is 9.90 Å². The minimum Gasteiger partial charge on any atom is -0.481 e.